The number of hydrogen-bond donors (Lipinski definition) is 1. The van der Waals surface area contributed by atoms with Gasteiger partial charge in [-0.1, -0.05) is 43.2 Å². The summed E-state index contributed by atoms with van der Waals surface area (Å²) in [7, 11) is 1.53. The van der Waals surface area contributed by atoms with Crippen LogP contribution < -0.4 is 14.4 Å². The molecule has 39 heavy (non-hydrogen) atoms. The minimum absolute atomic E-state index is 0.0692. The van der Waals surface area contributed by atoms with Gasteiger partial charge in [0.2, 0.25) is 5.13 Å². The lowest BCUT2D eigenvalue weighted by Gasteiger charge is -2.23. The highest BCUT2D eigenvalue weighted by atomic mass is 32.1. The Labute approximate surface area is 229 Å². The summed E-state index contributed by atoms with van der Waals surface area (Å²) in [6.45, 7) is 6.18. The summed E-state index contributed by atoms with van der Waals surface area (Å²) in [5.41, 5.74) is 1.94. The molecule has 1 aliphatic rings. The quantitative estimate of drug-likeness (QED) is 0.134. The van der Waals surface area contributed by atoms with Gasteiger partial charge in [-0.15, -0.1) is 10.2 Å². The first kappa shape index (κ1) is 26.4. The number of aliphatic hydroxyl groups is 1. The SMILES string of the molecule is CCCCCOc1ccc(C2C(=C(O)c3c(C)nc4ccccn34)C(=O)C(=O)N2c2nnc(C)s2)cc1OC. The molecule has 202 valence electrons. The molecule has 1 N–H and O–H groups in total. The first-order valence-corrected chi connectivity index (χ1v) is 13.5. The monoisotopic (exact) mass is 547 g/mol. The zero-order chi connectivity index (χ0) is 27.7. The maximum Gasteiger partial charge on any atom is 0.301 e. The van der Waals surface area contributed by atoms with Crippen LogP contribution in [-0.2, 0) is 9.59 Å². The molecule has 4 heterocycles. The predicted molar refractivity (Wildman–Crippen MR) is 147 cm³/mol. The Morgan fingerprint density at radius 1 is 1.10 bits per heavy atom. The third kappa shape index (κ3) is 4.74. The number of anilines is 1. The van der Waals surface area contributed by atoms with Crippen LogP contribution in [-0.4, -0.2) is 50.1 Å². The molecule has 4 aromatic rings. The number of amides is 1. The third-order valence-electron chi connectivity index (χ3n) is 6.60. The smallest absolute Gasteiger partial charge is 0.301 e. The molecule has 0 saturated carbocycles. The van der Waals surface area contributed by atoms with Gasteiger partial charge < -0.3 is 14.6 Å². The second-order valence-corrected chi connectivity index (χ2v) is 10.4. The van der Waals surface area contributed by atoms with Crippen LogP contribution in [0.25, 0.3) is 11.4 Å². The van der Waals surface area contributed by atoms with Crippen molar-refractivity contribution in [3.05, 3.63) is 70.1 Å². The van der Waals surface area contributed by atoms with E-state index in [2.05, 4.69) is 22.1 Å². The summed E-state index contributed by atoms with van der Waals surface area (Å²) < 4.78 is 13.2. The van der Waals surface area contributed by atoms with Crippen LogP contribution >= 0.6 is 11.3 Å². The molecule has 1 aliphatic heterocycles. The Morgan fingerprint density at radius 2 is 1.92 bits per heavy atom. The van der Waals surface area contributed by atoms with Crippen molar-refractivity contribution in [1.29, 1.82) is 0 Å². The average Bonchev–Trinajstić information content (AvgIpc) is 3.59. The Hall–Kier alpha value is -4.25. The molecule has 11 heteroatoms. The molecule has 0 bridgehead atoms. The molecule has 1 amide bonds. The molecule has 0 radical (unpaired) electrons. The van der Waals surface area contributed by atoms with Crippen molar-refractivity contribution in [2.45, 2.75) is 46.1 Å². The summed E-state index contributed by atoms with van der Waals surface area (Å²) in [6, 6.07) is 9.70. The summed E-state index contributed by atoms with van der Waals surface area (Å²) in [5.74, 6) is -0.942. The number of carbonyl (C=O) groups excluding carboxylic acids is 2. The number of aliphatic hydroxyl groups excluding tert-OH is 1. The van der Waals surface area contributed by atoms with E-state index in [0.717, 1.165) is 19.3 Å². The van der Waals surface area contributed by atoms with Gasteiger partial charge in [0, 0.05) is 6.20 Å². The lowest BCUT2D eigenvalue weighted by Crippen LogP contribution is -2.29. The van der Waals surface area contributed by atoms with Crippen molar-refractivity contribution in [1.82, 2.24) is 19.6 Å². The number of benzene rings is 1. The van der Waals surface area contributed by atoms with Crippen LogP contribution in [0.5, 0.6) is 11.5 Å². The van der Waals surface area contributed by atoms with Gasteiger partial charge >= 0.3 is 5.91 Å². The van der Waals surface area contributed by atoms with Gasteiger partial charge in [-0.2, -0.15) is 0 Å². The zero-order valence-corrected chi connectivity index (χ0v) is 23.0. The number of rotatable bonds is 9. The van der Waals surface area contributed by atoms with Gasteiger partial charge in [0.15, 0.2) is 17.3 Å². The Balaban J connectivity index is 1.67. The number of fused-ring (bicyclic) bond motifs is 1. The second-order valence-electron chi connectivity index (χ2n) is 9.21. The maximum atomic E-state index is 13.5. The molecule has 1 aromatic carbocycles. The molecule has 3 aromatic heterocycles. The Morgan fingerprint density at radius 3 is 2.64 bits per heavy atom. The van der Waals surface area contributed by atoms with E-state index in [4.69, 9.17) is 9.47 Å². The van der Waals surface area contributed by atoms with Gasteiger partial charge in [0.1, 0.15) is 16.3 Å². The minimum atomic E-state index is -0.978. The number of carbonyl (C=O) groups is 2. The number of aryl methyl sites for hydroxylation is 2. The number of Topliss-reactive ketones (excluding diaryl/α,β-unsaturated/α-hetero) is 1. The van der Waals surface area contributed by atoms with Crippen molar-refractivity contribution in [3.8, 4) is 11.5 Å². The number of hydrogen-bond acceptors (Lipinski definition) is 9. The number of aromatic nitrogens is 4. The fraction of sp³-hybridized carbons (Fsp3) is 0.321. The van der Waals surface area contributed by atoms with Crippen molar-refractivity contribution in [3.63, 3.8) is 0 Å². The van der Waals surface area contributed by atoms with Crippen LogP contribution in [0.3, 0.4) is 0 Å². The number of imidazole rings is 1. The topological polar surface area (TPSA) is 119 Å². The fourth-order valence-electron chi connectivity index (χ4n) is 4.76. The van der Waals surface area contributed by atoms with Gasteiger partial charge in [0.05, 0.1) is 31.0 Å². The van der Waals surface area contributed by atoms with Crippen molar-refractivity contribution in [2.75, 3.05) is 18.6 Å². The van der Waals surface area contributed by atoms with Crippen molar-refractivity contribution < 1.29 is 24.2 Å². The van der Waals surface area contributed by atoms with E-state index in [0.29, 0.717) is 45.7 Å². The van der Waals surface area contributed by atoms with E-state index < -0.39 is 17.7 Å². The average molecular weight is 548 g/mol. The van der Waals surface area contributed by atoms with Gasteiger partial charge in [-0.05, 0) is 50.1 Å². The van der Waals surface area contributed by atoms with Crippen molar-refractivity contribution in [2.24, 2.45) is 0 Å². The van der Waals surface area contributed by atoms with Crippen LogP contribution in [0.4, 0.5) is 5.13 Å². The highest BCUT2D eigenvalue weighted by Gasteiger charge is 2.49. The summed E-state index contributed by atoms with van der Waals surface area (Å²) in [6.07, 6.45) is 4.79. The lowest BCUT2D eigenvalue weighted by atomic mass is 9.96. The summed E-state index contributed by atoms with van der Waals surface area (Å²) >= 11 is 1.19. The lowest BCUT2D eigenvalue weighted by molar-refractivity contribution is -0.132. The number of pyridine rings is 1. The number of unbranched alkanes of at least 4 members (excludes halogenated alkanes) is 2. The van der Waals surface area contributed by atoms with Crippen LogP contribution in [0.1, 0.15) is 54.2 Å². The molecule has 1 unspecified atom stereocenters. The van der Waals surface area contributed by atoms with E-state index >= 15 is 0 Å². The Bertz CT molecular complexity index is 1590. The van der Waals surface area contributed by atoms with E-state index in [9.17, 15) is 14.7 Å². The summed E-state index contributed by atoms with van der Waals surface area (Å²) in [4.78, 5) is 32.8. The molecule has 0 spiro atoms. The van der Waals surface area contributed by atoms with Gasteiger partial charge in [-0.25, -0.2) is 4.98 Å². The van der Waals surface area contributed by atoms with Crippen LogP contribution in [0, 0.1) is 13.8 Å². The maximum absolute atomic E-state index is 13.5. The highest BCUT2D eigenvalue weighted by Crippen LogP contribution is 2.45. The molecule has 10 nitrogen and oxygen atoms in total. The van der Waals surface area contributed by atoms with E-state index in [1.165, 1.54) is 23.3 Å². The third-order valence-corrected chi connectivity index (χ3v) is 7.44. The largest absolute Gasteiger partial charge is 0.505 e. The van der Waals surface area contributed by atoms with Crippen LogP contribution in [0.2, 0.25) is 0 Å². The Kier molecular flexibility index (Phi) is 7.34. The highest BCUT2D eigenvalue weighted by molar-refractivity contribution is 7.15. The normalized spacial score (nSPS) is 16.8. The molecular formula is C28H29N5O5S. The second kappa shape index (κ2) is 10.9. The van der Waals surface area contributed by atoms with Crippen molar-refractivity contribution >= 4 is 39.6 Å². The first-order valence-electron chi connectivity index (χ1n) is 12.7. The summed E-state index contributed by atoms with van der Waals surface area (Å²) in [5, 5.41) is 20.7. The van der Waals surface area contributed by atoms with Crippen LogP contribution in [0.15, 0.2) is 48.2 Å². The molecule has 0 aliphatic carbocycles. The number of nitrogens with zero attached hydrogens (tertiary/aromatic N) is 5. The number of methoxy groups -OCH3 is 1. The van der Waals surface area contributed by atoms with Gasteiger partial charge in [-0.3, -0.25) is 18.9 Å². The molecular weight excluding hydrogens is 518 g/mol. The molecule has 1 atom stereocenters. The number of ketones is 1. The van der Waals surface area contributed by atoms with E-state index in [1.54, 1.807) is 54.8 Å². The fourth-order valence-corrected chi connectivity index (χ4v) is 5.48. The van der Waals surface area contributed by atoms with E-state index in [-0.39, 0.29) is 16.5 Å². The minimum Gasteiger partial charge on any atom is -0.505 e. The molecule has 1 saturated heterocycles. The predicted octanol–water partition coefficient (Wildman–Crippen LogP) is 5.01. The first-order chi connectivity index (χ1) is 18.8. The zero-order valence-electron chi connectivity index (χ0n) is 22.2. The standard InChI is InChI=1S/C28H29N5O5S/c1-5-6-9-14-38-19-12-11-18(15-20(19)37-4)24-22(26(35)27(36)33(24)28-31-30-17(3)39-28)25(34)23-16(2)29-21-10-7-8-13-32(21)23/h7-8,10-13,15,24,34H,5-6,9,14H2,1-4H3. The van der Waals surface area contributed by atoms with E-state index in [1.807, 2.05) is 6.07 Å². The molecule has 5 rings (SSSR count). The van der Waals surface area contributed by atoms with Gasteiger partial charge in [0.25, 0.3) is 5.78 Å². The number of ether oxygens (including phenoxy) is 2. The molecule has 1 fully saturated rings.